The summed E-state index contributed by atoms with van der Waals surface area (Å²) in [6, 6.07) is 7.19. The molecule has 0 unspecified atom stereocenters. The minimum Gasteiger partial charge on any atom is -0.367 e. The predicted octanol–water partition coefficient (Wildman–Crippen LogP) is 1.05. The van der Waals surface area contributed by atoms with Crippen LogP contribution in [-0.2, 0) is 13.1 Å². The molecule has 0 amide bonds. The Balaban J connectivity index is 1.78. The summed E-state index contributed by atoms with van der Waals surface area (Å²) in [5.74, 6) is 0.534. The Morgan fingerprint density at radius 1 is 1.25 bits per heavy atom. The van der Waals surface area contributed by atoms with Gasteiger partial charge in [-0.2, -0.15) is 18.4 Å². The van der Waals surface area contributed by atoms with Crippen LogP contribution in [0.3, 0.4) is 0 Å². The van der Waals surface area contributed by atoms with Gasteiger partial charge in [0.1, 0.15) is 6.54 Å². The van der Waals surface area contributed by atoms with E-state index in [0.29, 0.717) is 5.82 Å². The Hall–Kier alpha value is -3.05. The summed E-state index contributed by atoms with van der Waals surface area (Å²) in [5, 5.41) is 24.0. The van der Waals surface area contributed by atoms with Gasteiger partial charge < -0.3 is 4.90 Å². The van der Waals surface area contributed by atoms with Gasteiger partial charge in [-0.3, -0.25) is 0 Å². The summed E-state index contributed by atoms with van der Waals surface area (Å²) < 4.78 is 38.3. The molecule has 0 spiro atoms. The minimum atomic E-state index is -4.39. The number of alkyl halides is 3. The number of nitrogens with one attached hydrogen (secondary N) is 1. The van der Waals surface area contributed by atoms with Crippen molar-refractivity contribution < 1.29 is 13.2 Å². The third-order valence-corrected chi connectivity index (χ3v) is 3.20. The number of nitrogens with zero attached hydrogens (tertiary/aromatic N) is 8. The van der Waals surface area contributed by atoms with Gasteiger partial charge in [0.25, 0.3) is 0 Å². The second-order valence-corrected chi connectivity index (χ2v) is 5.01. The molecular weight excluding hydrogens is 327 g/mol. The largest absolute Gasteiger partial charge is 0.408 e. The Labute approximate surface area is 133 Å². The van der Waals surface area contributed by atoms with Crippen molar-refractivity contribution in [2.75, 3.05) is 11.9 Å². The van der Waals surface area contributed by atoms with E-state index < -0.39 is 12.7 Å². The molecule has 1 aromatic carbocycles. The van der Waals surface area contributed by atoms with E-state index in [1.807, 2.05) is 6.07 Å². The number of rotatable bonds is 5. The molecule has 9 nitrogen and oxygen atoms in total. The topological polar surface area (TPSA) is 101 Å². The molecule has 0 radical (unpaired) electrons. The van der Waals surface area contributed by atoms with Gasteiger partial charge in [0.05, 0.1) is 6.54 Å². The molecule has 2 aromatic heterocycles. The highest BCUT2D eigenvalue weighted by molar-refractivity contribution is 5.62. The third kappa shape index (κ3) is 3.64. The van der Waals surface area contributed by atoms with Crippen molar-refractivity contribution in [3.8, 4) is 11.4 Å². The Morgan fingerprint density at radius 2 is 2.08 bits per heavy atom. The summed E-state index contributed by atoms with van der Waals surface area (Å²) in [5.41, 5.74) is 1.47. The molecule has 0 atom stereocenters. The molecule has 3 rings (SSSR count). The van der Waals surface area contributed by atoms with Crippen LogP contribution in [0, 0.1) is 0 Å². The van der Waals surface area contributed by atoms with Gasteiger partial charge in [0.2, 0.25) is 5.82 Å². The average Bonchev–Trinajstić information content (AvgIpc) is 3.18. The normalized spacial score (nSPS) is 11.7. The smallest absolute Gasteiger partial charge is 0.367 e. The summed E-state index contributed by atoms with van der Waals surface area (Å²) in [7, 11) is 1.72. The lowest BCUT2D eigenvalue weighted by molar-refractivity contribution is -0.143. The van der Waals surface area contributed by atoms with E-state index in [2.05, 4.69) is 36.1 Å². The lowest BCUT2D eigenvalue weighted by atomic mass is 10.2. The number of H-pyrrole nitrogens is 1. The lowest BCUT2D eigenvalue weighted by Crippen LogP contribution is -2.24. The Bertz CT molecular complexity index is 796. The number of tetrazole rings is 2. The second-order valence-electron chi connectivity index (χ2n) is 5.01. The van der Waals surface area contributed by atoms with E-state index in [9.17, 15) is 13.2 Å². The second kappa shape index (κ2) is 6.22. The zero-order chi connectivity index (χ0) is 17.2. The Kier molecular flexibility index (Phi) is 4.10. The van der Waals surface area contributed by atoms with E-state index in [1.54, 1.807) is 30.1 Å². The van der Waals surface area contributed by atoms with Crippen LogP contribution in [0.5, 0.6) is 0 Å². The minimum absolute atomic E-state index is 0.110. The molecule has 2 heterocycles. The van der Waals surface area contributed by atoms with Crippen LogP contribution >= 0.6 is 0 Å². The molecule has 24 heavy (non-hydrogen) atoms. The first-order valence-electron chi connectivity index (χ1n) is 6.79. The molecule has 1 N–H and O–H groups in total. The number of hydrogen-bond donors (Lipinski definition) is 1. The molecule has 0 aliphatic rings. The van der Waals surface area contributed by atoms with Crippen LogP contribution in [0.2, 0.25) is 0 Å². The van der Waals surface area contributed by atoms with Gasteiger partial charge in [-0.05, 0) is 27.8 Å². The van der Waals surface area contributed by atoms with Crippen LogP contribution in [0.4, 0.5) is 18.9 Å². The van der Waals surface area contributed by atoms with Gasteiger partial charge in [-0.1, -0.05) is 12.1 Å². The van der Waals surface area contributed by atoms with Crippen LogP contribution in [0.15, 0.2) is 24.3 Å². The number of benzene rings is 1. The number of hydrogen-bond acceptors (Lipinski definition) is 7. The summed E-state index contributed by atoms with van der Waals surface area (Å²) in [6.45, 7) is -1.12. The monoisotopic (exact) mass is 339 g/mol. The summed E-state index contributed by atoms with van der Waals surface area (Å²) in [6.07, 6.45) is -4.39. The molecule has 0 aliphatic heterocycles. The third-order valence-electron chi connectivity index (χ3n) is 3.20. The first-order valence-corrected chi connectivity index (χ1v) is 6.79. The highest BCUT2D eigenvalue weighted by atomic mass is 19.4. The fraction of sp³-hybridized carbons (Fsp3) is 0.333. The summed E-state index contributed by atoms with van der Waals surface area (Å²) in [4.78, 5) is 1.72. The van der Waals surface area contributed by atoms with E-state index in [0.717, 1.165) is 15.9 Å². The molecular formula is C12H12F3N9. The fourth-order valence-corrected chi connectivity index (χ4v) is 2.10. The zero-order valence-electron chi connectivity index (χ0n) is 12.4. The maximum Gasteiger partial charge on any atom is 0.408 e. The van der Waals surface area contributed by atoms with Crippen LogP contribution in [-0.4, -0.2) is 54.1 Å². The number of anilines is 1. The zero-order valence-corrected chi connectivity index (χ0v) is 12.4. The standard InChI is InChI=1S/C12H12F3N9/c1-23(6-10-16-21-22-24(10)7-12(13,14)15)9-4-2-3-8(5-9)11-17-19-20-18-11/h2-5H,6-7H2,1H3,(H,17,18,19,20). The van der Waals surface area contributed by atoms with Gasteiger partial charge in [0.15, 0.2) is 5.82 Å². The highest BCUT2D eigenvalue weighted by Crippen LogP contribution is 2.22. The van der Waals surface area contributed by atoms with Crippen molar-refractivity contribution in [1.29, 1.82) is 0 Å². The van der Waals surface area contributed by atoms with Crippen molar-refractivity contribution in [3.05, 3.63) is 30.1 Å². The van der Waals surface area contributed by atoms with Crippen LogP contribution in [0.1, 0.15) is 5.82 Å². The highest BCUT2D eigenvalue weighted by Gasteiger charge is 2.30. The van der Waals surface area contributed by atoms with Crippen molar-refractivity contribution in [2.45, 2.75) is 19.3 Å². The lowest BCUT2D eigenvalue weighted by Gasteiger charge is -2.19. The molecule has 0 saturated heterocycles. The molecule has 0 bridgehead atoms. The first kappa shape index (κ1) is 15.8. The van der Waals surface area contributed by atoms with E-state index in [4.69, 9.17) is 0 Å². The molecule has 0 aliphatic carbocycles. The Morgan fingerprint density at radius 3 is 2.79 bits per heavy atom. The number of aromatic amines is 1. The average molecular weight is 339 g/mol. The molecule has 0 saturated carbocycles. The van der Waals surface area contributed by atoms with Crippen molar-refractivity contribution in [2.24, 2.45) is 0 Å². The maximum absolute atomic E-state index is 12.5. The molecule has 12 heteroatoms. The number of aromatic nitrogens is 8. The summed E-state index contributed by atoms with van der Waals surface area (Å²) >= 11 is 0. The van der Waals surface area contributed by atoms with E-state index in [1.165, 1.54) is 0 Å². The maximum atomic E-state index is 12.5. The van der Waals surface area contributed by atoms with Gasteiger partial charge >= 0.3 is 6.18 Å². The van der Waals surface area contributed by atoms with Crippen molar-refractivity contribution in [1.82, 2.24) is 40.8 Å². The molecule has 3 aromatic rings. The molecule has 0 fully saturated rings. The van der Waals surface area contributed by atoms with Gasteiger partial charge in [-0.25, -0.2) is 4.68 Å². The number of halogens is 3. The van der Waals surface area contributed by atoms with Crippen molar-refractivity contribution in [3.63, 3.8) is 0 Å². The van der Waals surface area contributed by atoms with E-state index in [-0.39, 0.29) is 12.4 Å². The quantitative estimate of drug-likeness (QED) is 0.741. The van der Waals surface area contributed by atoms with Crippen LogP contribution in [0.25, 0.3) is 11.4 Å². The van der Waals surface area contributed by atoms with Gasteiger partial charge in [0, 0.05) is 18.3 Å². The predicted molar refractivity (Wildman–Crippen MR) is 75.6 cm³/mol. The van der Waals surface area contributed by atoms with Crippen molar-refractivity contribution >= 4 is 5.69 Å². The first-order chi connectivity index (χ1) is 11.4. The van der Waals surface area contributed by atoms with Crippen LogP contribution < -0.4 is 4.90 Å². The molecule has 126 valence electrons. The SMILES string of the molecule is CN(Cc1nnnn1CC(F)(F)F)c1cccc(-c2nn[nH]n2)c1. The van der Waals surface area contributed by atoms with Gasteiger partial charge in [-0.15, -0.1) is 15.3 Å². The van der Waals surface area contributed by atoms with E-state index >= 15 is 0 Å². The fourth-order valence-electron chi connectivity index (χ4n) is 2.10.